The maximum absolute atomic E-state index is 12.3. The van der Waals surface area contributed by atoms with Crippen molar-refractivity contribution >= 4 is 31.6 Å². The van der Waals surface area contributed by atoms with Crippen molar-refractivity contribution in [2.75, 3.05) is 5.73 Å². The average Bonchev–Trinajstić information content (AvgIpc) is 2.76. The number of rotatable bonds is 5. The van der Waals surface area contributed by atoms with Gasteiger partial charge in [0, 0.05) is 29.8 Å². The normalized spacial score (nSPS) is 11.8. The molecule has 1 aromatic carbocycles. The van der Waals surface area contributed by atoms with Crippen LogP contribution in [0, 0.1) is 0 Å². The van der Waals surface area contributed by atoms with Gasteiger partial charge < -0.3 is 5.73 Å². The van der Waals surface area contributed by atoms with E-state index in [9.17, 15) is 8.42 Å². The van der Waals surface area contributed by atoms with Gasteiger partial charge in [-0.15, -0.1) is 0 Å². The van der Waals surface area contributed by atoms with Gasteiger partial charge in [0.1, 0.15) is 4.90 Å². The highest BCUT2D eigenvalue weighted by molar-refractivity contribution is 9.10. The van der Waals surface area contributed by atoms with Gasteiger partial charge in [-0.05, 0) is 24.6 Å². The molecular formula is C13H17BrN4O2S. The Kier molecular flexibility index (Phi) is 4.70. The highest BCUT2D eigenvalue weighted by Gasteiger charge is 2.18. The first-order valence-electron chi connectivity index (χ1n) is 6.39. The van der Waals surface area contributed by atoms with Gasteiger partial charge in [-0.1, -0.05) is 22.9 Å². The van der Waals surface area contributed by atoms with Crippen LogP contribution in [0.25, 0.3) is 0 Å². The predicted molar refractivity (Wildman–Crippen MR) is 85.2 cm³/mol. The molecule has 2 rings (SSSR count). The van der Waals surface area contributed by atoms with Crippen molar-refractivity contribution in [2.24, 2.45) is 7.05 Å². The Morgan fingerprint density at radius 2 is 2.14 bits per heavy atom. The molecule has 3 N–H and O–H groups in total. The minimum absolute atomic E-state index is 0.0765. The zero-order chi connectivity index (χ0) is 15.6. The second-order valence-electron chi connectivity index (χ2n) is 4.63. The first-order chi connectivity index (χ1) is 9.83. The molecule has 8 heteroatoms. The molecule has 0 fully saturated rings. The summed E-state index contributed by atoms with van der Waals surface area (Å²) in [5.41, 5.74) is 7.72. The summed E-state index contributed by atoms with van der Waals surface area (Å²) in [4.78, 5) is 0.0765. The van der Waals surface area contributed by atoms with Gasteiger partial charge in [0.05, 0.1) is 11.4 Å². The van der Waals surface area contributed by atoms with Crippen LogP contribution in [0.1, 0.15) is 18.2 Å². The van der Waals surface area contributed by atoms with Crippen LogP contribution in [0.3, 0.4) is 0 Å². The zero-order valence-electron chi connectivity index (χ0n) is 11.8. The Bertz CT molecular complexity index is 756. The van der Waals surface area contributed by atoms with E-state index >= 15 is 0 Å². The first-order valence-corrected chi connectivity index (χ1v) is 8.67. The molecule has 0 saturated carbocycles. The maximum Gasteiger partial charge on any atom is 0.242 e. The van der Waals surface area contributed by atoms with Gasteiger partial charge in [-0.2, -0.15) is 5.10 Å². The monoisotopic (exact) mass is 372 g/mol. The summed E-state index contributed by atoms with van der Waals surface area (Å²) in [6.07, 6.45) is 2.56. The Balaban J connectivity index is 2.21. The molecular weight excluding hydrogens is 356 g/mol. The summed E-state index contributed by atoms with van der Waals surface area (Å²) in [5, 5.41) is 4.28. The van der Waals surface area contributed by atoms with Crippen LogP contribution in [0.15, 0.2) is 33.8 Å². The Labute approximate surface area is 132 Å². The van der Waals surface area contributed by atoms with E-state index in [1.807, 2.05) is 20.2 Å². The molecule has 1 aromatic heterocycles. The third-order valence-corrected chi connectivity index (χ3v) is 5.01. The fourth-order valence-electron chi connectivity index (χ4n) is 2.04. The van der Waals surface area contributed by atoms with Crippen molar-refractivity contribution in [1.82, 2.24) is 14.5 Å². The second-order valence-corrected chi connectivity index (χ2v) is 7.29. The molecule has 0 atom stereocenters. The largest absolute Gasteiger partial charge is 0.398 e. The van der Waals surface area contributed by atoms with E-state index < -0.39 is 10.0 Å². The molecule has 2 aromatic rings. The standard InChI is InChI=1S/C13H17BrN4O2S/c1-3-12-9(8-18(2)17-12)7-16-21(19,20)13-5-4-10(14)6-11(13)15/h4-6,8,16H,3,7,15H2,1-2H3. The summed E-state index contributed by atoms with van der Waals surface area (Å²) in [6.45, 7) is 2.17. The number of aryl methyl sites for hydroxylation is 2. The second kappa shape index (κ2) is 6.17. The number of anilines is 1. The summed E-state index contributed by atoms with van der Waals surface area (Å²) >= 11 is 3.25. The number of halogens is 1. The number of hydrogen-bond donors (Lipinski definition) is 2. The van der Waals surface area contributed by atoms with Crippen LogP contribution < -0.4 is 10.5 Å². The molecule has 0 spiro atoms. The van der Waals surface area contributed by atoms with E-state index in [1.54, 1.807) is 16.8 Å². The number of nitrogens with one attached hydrogen (secondary N) is 1. The van der Waals surface area contributed by atoms with Crippen LogP contribution >= 0.6 is 15.9 Å². The minimum Gasteiger partial charge on any atom is -0.398 e. The van der Waals surface area contributed by atoms with Crippen molar-refractivity contribution in [2.45, 2.75) is 24.8 Å². The zero-order valence-corrected chi connectivity index (χ0v) is 14.2. The van der Waals surface area contributed by atoms with Gasteiger partial charge in [-0.25, -0.2) is 13.1 Å². The first kappa shape index (κ1) is 16.0. The van der Waals surface area contributed by atoms with Crippen LogP contribution in [0.5, 0.6) is 0 Å². The van der Waals surface area contributed by atoms with Gasteiger partial charge in [0.25, 0.3) is 0 Å². The summed E-state index contributed by atoms with van der Waals surface area (Å²) in [5.74, 6) is 0. The van der Waals surface area contributed by atoms with Crippen molar-refractivity contribution in [3.8, 4) is 0 Å². The molecule has 0 bridgehead atoms. The molecule has 0 aliphatic rings. The van der Waals surface area contributed by atoms with E-state index in [0.29, 0.717) is 0 Å². The SMILES string of the molecule is CCc1nn(C)cc1CNS(=O)(=O)c1ccc(Br)cc1N. The van der Waals surface area contributed by atoms with E-state index in [-0.39, 0.29) is 17.1 Å². The molecule has 0 amide bonds. The highest BCUT2D eigenvalue weighted by atomic mass is 79.9. The molecule has 1 heterocycles. The van der Waals surface area contributed by atoms with E-state index in [4.69, 9.17) is 5.73 Å². The quantitative estimate of drug-likeness (QED) is 0.783. The lowest BCUT2D eigenvalue weighted by Gasteiger charge is -2.09. The molecule has 0 radical (unpaired) electrons. The number of sulfonamides is 1. The van der Waals surface area contributed by atoms with Gasteiger partial charge in [0.15, 0.2) is 0 Å². The lowest BCUT2D eigenvalue weighted by molar-refractivity contribution is 0.581. The summed E-state index contributed by atoms with van der Waals surface area (Å²) in [7, 11) is -1.85. The number of benzene rings is 1. The number of nitrogens with zero attached hydrogens (tertiary/aromatic N) is 2. The van der Waals surface area contributed by atoms with Crippen LogP contribution in [-0.2, 0) is 30.0 Å². The van der Waals surface area contributed by atoms with Crippen LogP contribution in [0.4, 0.5) is 5.69 Å². The predicted octanol–water partition coefficient (Wildman–Crippen LogP) is 1.81. The third-order valence-electron chi connectivity index (χ3n) is 3.04. The summed E-state index contributed by atoms with van der Waals surface area (Å²) in [6, 6.07) is 4.69. The van der Waals surface area contributed by atoms with E-state index in [2.05, 4.69) is 25.8 Å². The fourth-order valence-corrected chi connectivity index (χ4v) is 3.54. The van der Waals surface area contributed by atoms with Gasteiger partial charge >= 0.3 is 0 Å². The van der Waals surface area contributed by atoms with Crippen molar-refractivity contribution in [3.63, 3.8) is 0 Å². The van der Waals surface area contributed by atoms with Crippen molar-refractivity contribution in [3.05, 3.63) is 40.1 Å². The van der Waals surface area contributed by atoms with E-state index in [1.165, 1.54) is 6.07 Å². The molecule has 0 aliphatic carbocycles. The van der Waals surface area contributed by atoms with Crippen molar-refractivity contribution in [1.29, 1.82) is 0 Å². The Morgan fingerprint density at radius 3 is 2.76 bits per heavy atom. The molecule has 114 valence electrons. The van der Waals surface area contributed by atoms with Crippen LogP contribution in [0.2, 0.25) is 0 Å². The van der Waals surface area contributed by atoms with E-state index in [0.717, 1.165) is 22.2 Å². The van der Waals surface area contributed by atoms with Gasteiger partial charge in [0.2, 0.25) is 10.0 Å². The third kappa shape index (κ3) is 3.63. The minimum atomic E-state index is -3.65. The lowest BCUT2D eigenvalue weighted by Crippen LogP contribution is -2.24. The number of nitrogen functional groups attached to an aromatic ring is 1. The Morgan fingerprint density at radius 1 is 1.43 bits per heavy atom. The van der Waals surface area contributed by atoms with Crippen molar-refractivity contribution < 1.29 is 8.42 Å². The molecule has 21 heavy (non-hydrogen) atoms. The Hall–Kier alpha value is -1.38. The fraction of sp³-hybridized carbons (Fsp3) is 0.308. The van der Waals surface area contributed by atoms with Gasteiger partial charge in [-0.3, -0.25) is 4.68 Å². The molecule has 6 nitrogen and oxygen atoms in total. The maximum atomic E-state index is 12.3. The van der Waals surface area contributed by atoms with Crippen LogP contribution in [-0.4, -0.2) is 18.2 Å². The average molecular weight is 373 g/mol. The summed E-state index contributed by atoms with van der Waals surface area (Å²) < 4.78 is 29.6. The number of aromatic nitrogens is 2. The number of nitrogens with two attached hydrogens (primary N) is 1. The smallest absolute Gasteiger partial charge is 0.242 e. The molecule has 0 unspecified atom stereocenters. The highest BCUT2D eigenvalue weighted by Crippen LogP contribution is 2.22. The molecule has 0 aliphatic heterocycles. The number of hydrogen-bond acceptors (Lipinski definition) is 4. The lowest BCUT2D eigenvalue weighted by atomic mass is 10.2. The topological polar surface area (TPSA) is 90.0 Å². The molecule has 0 saturated heterocycles.